The third kappa shape index (κ3) is 5.36. The van der Waals surface area contributed by atoms with Crippen molar-refractivity contribution in [3.8, 4) is 11.5 Å². The molecule has 2 rings (SSSR count). The van der Waals surface area contributed by atoms with Gasteiger partial charge in [-0.15, -0.1) is 11.8 Å². The van der Waals surface area contributed by atoms with Crippen molar-refractivity contribution in [1.82, 2.24) is 0 Å². The molecule has 0 bridgehead atoms. The van der Waals surface area contributed by atoms with Crippen LogP contribution < -0.4 is 4.74 Å². The number of thioether (sulfide) groups is 1. The summed E-state index contributed by atoms with van der Waals surface area (Å²) in [5.41, 5.74) is -0.369. The van der Waals surface area contributed by atoms with E-state index in [2.05, 4.69) is 4.99 Å². The fraction of sp³-hybridized carbons (Fsp3) is 0.556. The highest BCUT2D eigenvalue weighted by molar-refractivity contribution is 8.14. The largest absolute Gasteiger partial charge is 0.507 e. The van der Waals surface area contributed by atoms with E-state index in [9.17, 15) is 9.90 Å². The zero-order valence-electron chi connectivity index (χ0n) is 15.1. The van der Waals surface area contributed by atoms with Crippen LogP contribution in [0.25, 0.3) is 0 Å². The van der Waals surface area contributed by atoms with Crippen LogP contribution in [0.5, 0.6) is 11.5 Å². The van der Waals surface area contributed by atoms with Crippen molar-refractivity contribution in [2.45, 2.75) is 25.8 Å². The predicted molar refractivity (Wildman–Crippen MR) is 100 cm³/mol. The second kappa shape index (κ2) is 9.80. The average Bonchev–Trinajstić information content (AvgIpc) is 3.03. The van der Waals surface area contributed by atoms with Gasteiger partial charge in [-0.1, -0.05) is 6.92 Å². The number of carbonyl (C=O) groups excluding carboxylic acids is 1. The van der Waals surface area contributed by atoms with Gasteiger partial charge >= 0.3 is 5.97 Å². The number of hydrogen-bond acceptors (Lipinski definition) is 8. The summed E-state index contributed by atoms with van der Waals surface area (Å²) in [4.78, 5) is 16.7. The van der Waals surface area contributed by atoms with Crippen molar-refractivity contribution < 1.29 is 29.2 Å². The first-order chi connectivity index (χ1) is 12.5. The third-order valence-corrected chi connectivity index (χ3v) is 4.94. The maximum absolute atomic E-state index is 12.2. The van der Waals surface area contributed by atoms with Crippen LogP contribution in [0.3, 0.4) is 0 Å². The molecule has 0 saturated carbocycles. The lowest BCUT2D eigenvalue weighted by Crippen LogP contribution is -2.35. The number of phenolic OH excluding ortho intramolecular Hbond substituents is 1. The molecule has 0 spiro atoms. The normalized spacial score (nSPS) is 19.3. The molecule has 7 nitrogen and oxygen atoms in total. The van der Waals surface area contributed by atoms with Gasteiger partial charge < -0.3 is 24.4 Å². The van der Waals surface area contributed by atoms with Gasteiger partial charge in [-0.2, -0.15) is 0 Å². The molecular weight excluding hydrogens is 358 g/mol. The van der Waals surface area contributed by atoms with Gasteiger partial charge in [-0.3, -0.25) is 4.99 Å². The molecule has 144 valence electrons. The van der Waals surface area contributed by atoms with Crippen molar-refractivity contribution in [3.05, 3.63) is 23.8 Å². The Balaban J connectivity index is 2.00. The summed E-state index contributed by atoms with van der Waals surface area (Å²) in [6, 6.07) is 4.96. The van der Waals surface area contributed by atoms with Gasteiger partial charge in [0.15, 0.2) is 5.54 Å². The number of ether oxygens (including phenoxy) is 3. The van der Waals surface area contributed by atoms with Crippen LogP contribution in [0, 0.1) is 0 Å². The lowest BCUT2D eigenvalue weighted by Gasteiger charge is -2.17. The van der Waals surface area contributed by atoms with Gasteiger partial charge in [0.05, 0.1) is 26.4 Å². The molecule has 2 N–H and O–H groups in total. The van der Waals surface area contributed by atoms with Gasteiger partial charge in [-0.05, 0) is 25.5 Å². The zero-order chi connectivity index (χ0) is 19.0. The molecule has 0 amide bonds. The monoisotopic (exact) mass is 383 g/mol. The van der Waals surface area contributed by atoms with Crippen LogP contribution in [0.2, 0.25) is 0 Å². The fourth-order valence-electron chi connectivity index (χ4n) is 2.26. The van der Waals surface area contributed by atoms with E-state index in [1.54, 1.807) is 19.1 Å². The van der Waals surface area contributed by atoms with Crippen LogP contribution in [-0.4, -0.2) is 65.6 Å². The average molecular weight is 383 g/mol. The topological polar surface area (TPSA) is 97.6 Å². The first-order valence-electron chi connectivity index (χ1n) is 8.55. The van der Waals surface area contributed by atoms with E-state index >= 15 is 0 Å². The SMILES string of the molecule is CCCOC(=O)[C@@]1(C)CSC(c2ccc(OCCOCCO)cc2O)=N1. The van der Waals surface area contributed by atoms with Crippen LogP contribution in [0.4, 0.5) is 0 Å². The highest BCUT2D eigenvalue weighted by Gasteiger charge is 2.40. The lowest BCUT2D eigenvalue weighted by molar-refractivity contribution is -0.148. The maximum Gasteiger partial charge on any atom is 0.334 e. The molecule has 1 aromatic carbocycles. The second-order valence-electron chi connectivity index (χ2n) is 5.98. The lowest BCUT2D eigenvalue weighted by atomic mass is 10.1. The minimum Gasteiger partial charge on any atom is -0.507 e. The predicted octanol–water partition coefficient (Wildman–Crippen LogP) is 1.99. The molecular formula is C18H25NO6S. The van der Waals surface area contributed by atoms with Gasteiger partial charge in [-0.25, -0.2) is 4.79 Å². The summed E-state index contributed by atoms with van der Waals surface area (Å²) >= 11 is 1.42. The Morgan fingerprint density at radius 2 is 2.12 bits per heavy atom. The number of hydrogen-bond donors (Lipinski definition) is 2. The van der Waals surface area contributed by atoms with E-state index < -0.39 is 5.54 Å². The van der Waals surface area contributed by atoms with Gasteiger partial charge in [0, 0.05) is 17.4 Å². The summed E-state index contributed by atoms with van der Waals surface area (Å²) in [6.45, 7) is 4.97. The number of esters is 1. The molecule has 0 aromatic heterocycles. The van der Waals surface area contributed by atoms with E-state index in [0.717, 1.165) is 6.42 Å². The van der Waals surface area contributed by atoms with Crippen molar-refractivity contribution in [1.29, 1.82) is 0 Å². The molecule has 1 aromatic rings. The third-order valence-electron chi connectivity index (χ3n) is 3.65. The van der Waals surface area contributed by atoms with Gasteiger partial charge in [0.1, 0.15) is 23.1 Å². The Morgan fingerprint density at radius 1 is 1.31 bits per heavy atom. The van der Waals surface area contributed by atoms with Crippen molar-refractivity contribution in [2.75, 3.05) is 38.8 Å². The number of aliphatic imine (C=N–C) groups is 1. The number of phenols is 1. The van der Waals surface area contributed by atoms with Gasteiger partial charge in [0.25, 0.3) is 0 Å². The number of benzene rings is 1. The molecule has 1 aliphatic rings. The van der Waals surface area contributed by atoms with Crippen LogP contribution in [0.1, 0.15) is 25.8 Å². The Labute approximate surface area is 157 Å². The summed E-state index contributed by atoms with van der Waals surface area (Å²) in [5.74, 6) is 0.679. The molecule has 0 unspecified atom stereocenters. The molecule has 0 fully saturated rings. The van der Waals surface area contributed by atoms with Crippen LogP contribution in [-0.2, 0) is 14.3 Å². The first kappa shape index (κ1) is 20.5. The van der Waals surface area contributed by atoms with Gasteiger partial charge in [0.2, 0.25) is 0 Å². The molecule has 0 saturated heterocycles. The Hall–Kier alpha value is -1.77. The molecule has 0 aliphatic carbocycles. The Morgan fingerprint density at radius 3 is 2.81 bits per heavy atom. The summed E-state index contributed by atoms with van der Waals surface area (Å²) in [7, 11) is 0. The zero-order valence-corrected chi connectivity index (χ0v) is 15.9. The minimum atomic E-state index is -0.930. The number of carbonyl (C=O) groups is 1. The minimum absolute atomic E-state index is 0.0276. The second-order valence-corrected chi connectivity index (χ2v) is 6.94. The molecule has 26 heavy (non-hydrogen) atoms. The summed E-state index contributed by atoms with van der Waals surface area (Å²) in [5, 5.41) is 19.5. The highest BCUT2D eigenvalue weighted by atomic mass is 32.2. The molecule has 8 heteroatoms. The summed E-state index contributed by atoms with van der Waals surface area (Å²) in [6.07, 6.45) is 0.763. The molecule has 1 atom stereocenters. The number of aliphatic hydroxyl groups excluding tert-OH is 1. The van der Waals surface area contributed by atoms with E-state index in [-0.39, 0.29) is 24.9 Å². The van der Waals surface area contributed by atoms with E-state index in [1.807, 2.05) is 6.92 Å². The molecule has 1 aliphatic heterocycles. The summed E-state index contributed by atoms with van der Waals surface area (Å²) < 4.78 is 15.8. The van der Waals surface area contributed by atoms with E-state index in [0.29, 0.717) is 41.9 Å². The number of rotatable bonds is 10. The molecule has 0 radical (unpaired) electrons. The fourth-order valence-corrected chi connectivity index (χ4v) is 3.45. The van der Waals surface area contributed by atoms with E-state index in [4.69, 9.17) is 19.3 Å². The number of aromatic hydroxyl groups is 1. The smallest absolute Gasteiger partial charge is 0.334 e. The maximum atomic E-state index is 12.2. The van der Waals surface area contributed by atoms with Crippen molar-refractivity contribution >= 4 is 22.8 Å². The standard InChI is InChI=1S/C18H25NO6S/c1-3-7-25-17(22)18(2)12-26-16(19-18)14-5-4-13(11-15(14)21)24-10-9-23-8-6-20/h4-5,11,20-21H,3,6-10,12H2,1-2H3/t18-/m1/s1. The first-order valence-corrected chi connectivity index (χ1v) is 9.53. The Bertz CT molecular complexity index is 651. The number of nitrogens with zero attached hydrogens (tertiary/aromatic N) is 1. The highest BCUT2D eigenvalue weighted by Crippen LogP contribution is 2.36. The quantitative estimate of drug-likeness (QED) is 0.471. The van der Waals surface area contributed by atoms with E-state index in [1.165, 1.54) is 17.8 Å². The van der Waals surface area contributed by atoms with Crippen molar-refractivity contribution in [3.63, 3.8) is 0 Å². The molecule has 1 heterocycles. The van der Waals surface area contributed by atoms with Crippen molar-refractivity contribution in [2.24, 2.45) is 4.99 Å². The van der Waals surface area contributed by atoms with Crippen LogP contribution in [0.15, 0.2) is 23.2 Å². The van der Waals surface area contributed by atoms with Crippen LogP contribution >= 0.6 is 11.8 Å². The Kier molecular flexibility index (Phi) is 7.74. The number of aliphatic hydroxyl groups is 1.